The maximum atomic E-state index is 12.9. The van der Waals surface area contributed by atoms with Gasteiger partial charge in [0.25, 0.3) is 0 Å². The highest BCUT2D eigenvalue weighted by Gasteiger charge is 2.31. The molecule has 0 aliphatic rings. The van der Waals surface area contributed by atoms with Crippen LogP contribution in [0.15, 0.2) is 47.4 Å². The molecule has 0 aliphatic carbocycles. The number of ether oxygens (including phenoxy) is 1. The number of nitrogens with zero attached hydrogens (tertiary/aromatic N) is 3. The number of aromatic hydroxyl groups is 1. The van der Waals surface area contributed by atoms with Crippen LogP contribution in [0.25, 0.3) is 5.69 Å². The van der Waals surface area contributed by atoms with Gasteiger partial charge in [0.05, 0.1) is 17.9 Å². The molecule has 0 saturated heterocycles. The van der Waals surface area contributed by atoms with Crippen LogP contribution in [0.5, 0.6) is 11.6 Å². The molecule has 0 aliphatic heterocycles. The van der Waals surface area contributed by atoms with E-state index < -0.39 is 17.8 Å². The van der Waals surface area contributed by atoms with E-state index in [4.69, 9.17) is 0 Å². The SMILES string of the molecule is Cc1c(O)n(-c2ccc(OC(F)(F)F)cc2)c(=O)n1Cc1ccnc(C(C)C)c1. The van der Waals surface area contributed by atoms with E-state index in [0.29, 0.717) is 5.69 Å². The minimum atomic E-state index is -4.81. The number of halogens is 3. The maximum absolute atomic E-state index is 12.9. The van der Waals surface area contributed by atoms with Crippen molar-refractivity contribution in [2.45, 2.75) is 39.6 Å². The van der Waals surface area contributed by atoms with Gasteiger partial charge < -0.3 is 9.84 Å². The molecule has 0 radical (unpaired) electrons. The Morgan fingerprint density at radius 3 is 2.41 bits per heavy atom. The zero-order valence-corrected chi connectivity index (χ0v) is 16.1. The van der Waals surface area contributed by atoms with Gasteiger partial charge in [-0.1, -0.05) is 13.8 Å². The first-order chi connectivity index (χ1) is 13.6. The van der Waals surface area contributed by atoms with Gasteiger partial charge in [-0.3, -0.25) is 9.55 Å². The molecule has 154 valence electrons. The third-order valence-electron chi connectivity index (χ3n) is 4.47. The smallest absolute Gasteiger partial charge is 0.493 e. The van der Waals surface area contributed by atoms with E-state index in [1.54, 1.807) is 19.2 Å². The molecule has 9 heteroatoms. The Labute approximate surface area is 164 Å². The molecule has 3 aromatic rings. The molecule has 3 rings (SSSR count). The van der Waals surface area contributed by atoms with E-state index in [9.17, 15) is 23.1 Å². The van der Waals surface area contributed by atoms with Crippen molar-refractivity contribution < 1.29 is 23.0 Å². The van der Waals surface area contributed by atoms with Gasteiger partial charge in [-0.25, -0.2) is 9.36 Å². The molecular weight excluding hydrogens is 387 g/mol. The number of hydrogen-bond donors (Lipinski definition) is 1. The number of alkyl halides is 3. The average molecular weight is 407 g/mol. The molecule has 2 aromatic heterocycles. The van der Waals surface area contributed by atoms with Gasteiger partial charge in [0.2, 0.25) is 5.88 Å². The van der Waals surface area contributed by atoms with E-state index >= 15 is 0 Å². The molecule has 0 saturated carbocycles. The molecule has 2 heterocycles. The van der Waals surface area contributed by atoms with E-state index in [-0.39, 0.29) is 24.0 Å². The summed E-state index contributed by atoms with van der Waals surface area (Å²) >= 11 is 0. The Kier molecular flexibility index (Phi) is 5.41. The molecule has 0 fully saturated rings. The zero-order chi connectivity index (χ0) is 21.3. The van der Waals surface area contributed by atoms with Gasteiger partial charge >= 0.3 is 12.1 Å². The summed E-state index contributed by atoms with van der Waals surface area (Å²) in [4.78, 5) is 17.2. The molecule has 0 atom stereocenters. The number of aromatic nitrogens is 3. The number of imidazole rings is 1. The molecule has 1 aromatic carbocycles. The van der Waals surface area contributed by atoms with Gasteiger partial charge in [-0.05, 0) is 54.8 Å². The predicted octanol–water partition coefficient (Wildman–Crippen LogP) is 4.12. The molecule has 1 N–H and O–H groups in total. The minimum Gasteiger partial charge on any atom is -0.493 e. The van der Waals surface area contributed by atoms with Crippen LogP contribution in [-0.4, -0.2) is 25.6 Å². The van der Waals surface area contributed by atoms with Crippen molar-refractivity contribution in [1.82, 2.24) is 14.1 Å². The van der Waals surface area contributed by atoms with E-state index in [1.165, 1.54) is 16.7 Å². The zero-order valence-electron chi connectivity index (χ0n) is 16.1. The second-order valence-corrected chi connectivity index (χ2v) is 6.90. The van der Waals surface area contributed by atoms with Crippen molar-refractivity contribution in [3.63, 3.8) is 0 Å². The minimum absolute atomic E-state index is 0.224. The van der Waals surface area contributed by atoms with Gasteiger partial charge in [0, 0.05) is 11.9 Å². The van der Waals surface area contributed by atoms with Crippen LogP contribution in [0.4, 0.5) is 13.2 Å². The van der Waals surface area contributed by atoms with Crippen LogP contribution in [0.3, 0.4) is 0 Å². The largest absolute Gasteiger partial charge is 0.573 e. The third kappa shape index (κ3) is 4.44. The lowest BCUT2D eigenvalue weighted by molar-refractivity contribution is -0.274. The van der Waals surface area contributed by atoms with Gasteiger partial charge in [-0.2, -0.15) is 0 Å². The second kappa shape index (κ2) is 7.65. The normalized spacial score (nSPS) is 11.8. The molecule has 0 bridgehead atoms. The van der Waals surface area contributed by atoms with Gasteiger partial charge in [-0.15, -0.1) is 13.2 Å². The fourth-order valence-corrected chi connectivity index (χ4v) is 2.94. The van der Waals surface area contributed by atoms with Gasteiger partial charge in [0.1, 0.15) is 5.75 Å². The quantitative estimate of drug-likeness (QED) is 0.691. The van der Waals surface area contributed by atoms with Crippen molar-refractivity contribution in [3.8, 4) is 17.3 Å². The number of pyridine rings is 1. The van der Waals surface area contributed by atoms with E-state index in [0.717, 1.165) is 28.0 Å². The summed E-state index contributed by atoms with van der Waals surface area (Å²) in [6, 6.07) is 8.40. The van der Waals surface area contributed by atoms with Crippen molar-refractivity contribution in [1.29, 1.82) is 0 Å². The Hall–Kier alpha value is -3.23. The maximum Gasteiger partial charge on any atom is 0.573 e. The fraction of sp³-hybridized carbons (Fsp3) is 0.300. The van der Waals surface area contributed by atoms with Crippen molar-refractivity contribution in [3.05, 3.63) is 70.0 Å². The van der Waals surface area contributed by atoms with Crippen LogP contribution in [0.1, 0.15) is 36.7 Å². The number of benzene rings is 1. The summed E-state index contributed by atoms with van der Waals surface area (Å²) < 4.78 is 43.2. The standard InChI is InChI=1S/C20H20F3N3O3/c1-12(2)17-10-14(8-9-24-17)11-25-13(3)18(27)26(19(25)28)15-4-6-16(7-5-15)29-20(21,22)23/h4-10,12,27H,11H2,1-3H3. The van der Waals surface area contributed by atoms with Gasteiger partial charge in [0.15, 0.2) is 0 Å². The Balaban J connectivity index is 1.95. The first-order valence-corrected chi connectivity index (χ1v) is 8.89. The Morgan fingerprint density at radius 1 is 1.17 bits per heavy atom. The summed E-state index contributed by atoms with van der Waals surface area (Å²) in [5.74, 6) is -0.469. The van der Waals surface area contributed by atoms with Crippen LogP contribution >= 0.6 is 0 Å². The molecule has 29 heavy (non-hydrogen) atoms. The van der Waals surface area contributed by atoms with Crippen molar-refractivity contribution in [2.24, 2.45) is 0 Å². The van der Waals surface area contributed by atoms with Crippen LogP contribution in [0.2, 0.25) is 0 Å². The lowest BCUT2D eigenvalue weighted by Crippen LogP contribution is -2.24. The second-order valence-electron chi connectivity index (χ2n) is 6.90. The number of rotatable bonds is 5. The summed E-state index contributed by atoms with van der Waals surface area (Å²) in [7, 11) is 0. The van der Waals surface area contributed by atoms with Crippen LogP contribution in [0, 0.1) is 6.92 Å². The van der Waals surface area contributed by atoms with Crippen molar-refractivity contribution in [2.75, 3.05) is 0 Å². The highest BCUT2D eigenvalue weighted by atomic mass is 19.4. The van der Waals surface area contributed by atoms with E-state index in [1.807, 2.05) is 19.9 Å². The van der Waals surface area contributed by atoms with Crippen molar-refractivity contribution >= 4 is 0 Å². The van der Waals surface area contributed by atoms with Crippen LogP contribution < -0.4 is 10.4 Å². The topological polar surface area (TPSA) is 69.3 Å². The first kappa shape index (κ1) is 20.5. The third-order valence-corrected chi connectivity index (χ3v) is 4.47. The lowest BCUT2D eigenvalue weighted by atomic mass is 10.1. The molecular formula is C20H20F3N3O3. The first-order valence-electron chi connectivity index (χ1n) is 8.89. The Morgan fingerprint density at radius 2 is 1.83 bits per heavy atom. The highest BCUT2D eigenvalue weighted by molar-refractivity contribution is 5.41. The summed E-state index contributed by atoms with van der Waals surface area (Å²) in [6.45, 7) is 5.84. The number of hydrogen-bond acceptors (Lipinski definition) is 4. The average Bonchev–Trinajstić information content (AvgIpc) is 2.85. The molecule has 6 nitrogen and oxygen atoms in total. The molecule has 0 unspecified atom stereocenters. The predicted molar refractivity (Wildman–Crippen MR) is 101 cm³/mol. The Bertz CT molecular complexity index is 1070. The summed E-state index contributed by atoms with van der Waals surface area (Å²) in [5.41, 5.74) is 1.79. The van der Waals surface area contributed by atoms with Crippen LogP contribution in [-0.2, 0) is 6.54 Å². The molecule has 0 spiro atoms. The lowest BCUT2D eigenvalue weighted by Gasteiger charge is -2.09. The van der Waals surface area contributed by atoms with E-state index in [2.05, 4.69) is 9.72 Å². The summed E-state index contributed by atoms with van der Waals surface area (Å²) in [6.07, 6.45) is -3.14. The molecule has 0 amide bonds. The monoisotopic (exact) mass is 407 g/mol. The highest BCUT2D eigenvalue weighted by Crippen LogP contribution is 2.26. The fourth-order valence-electron chi connectivity index (χ4n) is 2.94. The summed E-state index contributed by atoms with van der Waals surface area (Å²) in [5, 5.41) is 10.4.